The molecular weight excluding hydrogens is 741 g/mol. The molecule has 0 spiro atoms. The molecule has 2 fully saturated rings. The Bertz CT molecular complexity index is 1260. The zero-order chi connectivity index (χ0) is 42.6. The third kappa shape index (κ3) is 13.3. The standard InChI is InChI=1S/C40H80N2O11Si2/c1-21-30-40(10,45)34(43)26(4)31(41-53-38(7,8)46-13)24(2)23-39(9,47-14)35(27(5)32(51-54(15,16)17)28(6)36(44)49-30)50-37-33(52-55(18,19)20)29(42(11)12)22-25(3)48-37/h24-30,32-35,37,43,45H,21-23H2,1-20H3/b41-31+/t24-,25-,26+,27+,28-,29+,30-,32+,33-,34-,35-,37+,39-,40-/m1/s1. The van der Waals surface area contributed by atoms with Crippen LogP contribution in [0.2, 0.25) is 39.3 Å². The average molecular weight is 821 g/mol. The predicted octanol–water partition coefficient (Wildman–Crippen LogP) is 6.42. The molecule has 2 aliphatic heterocycles. The fraction of sp³-hybridized carbons (Fsp3) is 0.950. The van der Waals surface area contributed by atoms with Gasteiger partial charge in [0.1, 0.15) is 17.8 Å². The molecule has 0 radical (unpaired) electrons. The van der Waals surface area contributed by atoms with E-state index < -0.39 is 94.2 Å². The molecule has 0 amide bonds. The van der Waals surface area contributed by atoms with E-state index in [2.05, 4.69) is 70.4 Å². The van der Waals surface area contributed by atoms with Crippen LogP contribution in [0.25, 0.3) is 0 Å². The molecule has 0 unspecified atom stereocenters. The summed E-state index contributed by atoms with van der Waals surface area (Å²) < 4.78 is 46.0. The number of carbonyl (C=O) groups excluding carboxylic acids is 1. The third-order valence-corrected chi connectivity index (χ3v) is 13.3. The predicted molar refractivity (Wildman–Crippen MR) is 221 cm³/mol. The van der Waals surface area contributed by atoms with Crippen LogP contribution < -0.4 is 0 Å². The lowest BCUT2D eigenvalue weighted by Gasteiger charge is -2.50. The van der Waals surface area contributed by atoms with Gasteiger partial charge in [-0.1, -0.05) is 32.9 Å². The van der Waals surface area contributed by atoms with Gasteiger partial charge in [0.25, 0.3) is 0 Å². The van der Waals surface area contributed by atoms with Crippen molar-refractivity contribution in [3.05, 3.63) is 0 Å². The summed E-state index contributed by atoms with van der Waals surface area (Å²) in [6.45, 7) is 31.2. The van der Waals surface area contributed by atoms with Crippen molar-refractivity contribution in [3.63, 3.8) is 0 Å². The summed E-state index contributed by atoms with van der Waals surface area (Å²) in [6.07, 6.45) is -3.74. The number of hydrogen-bond donors (Lipinski definition) is 2. The van der Waals surface area contributed by atoms with E-state index in [1.807, 2.05) is 27.7 Å². The Hall–Kier alpha value is -0.986. The summed E-state index contributed by atoms with van der Waals surface area (Å²) in [7, 11) is 2.87. The van der Waals surface area contributed by atoms with Crippen LogP contribution in [0.5, 0.6) is 0 Å². The van der Waals surface area contributed by atoms with Crippen LogP contribution in [0.4, 0.5) is 0 Å². The Morgan fingerprint density at radius 3 is 1.96 bits per heavy atom. The molecule has 2 heterocycles. The van der Waals surface area contributed by atoms with Crippen LogP contribution in [0.15, 0.2) is 5.16 Å². The van der Waals surface area contributed by atoms with Gasteiger partial charge in [0.15, 0.2) is 22.9 Å². The van der Waals surface area contributed by atoms with Gasteiger partial charge < -0.3 is 52.5 Å². The third-order valence-electron chi connectivity index (χ3n) is 11.3. The zero-order valence-corrected chi connectivity index (χ0v) is 40.0. The highest BCUT2D eigenvalue weighted by Gasteiger charge is 2.53. The van der Waals surface area contributed by atoms with Crippen LogP contribution in [-0.4, -0.2) is 138 Å². The van der Waals surface area contributed by atoms with Gasteiger partial charge in [-0.15, -0.1) is 0 Å². The fourth-order valence-corrected chi connectivity index (χ4v) is 10.4. The largest absolute Gasteiger partial charge is 0.459 e. The van der Waals surface area contributed by atoms with Crippen LogP contribution >= 0.6 is 0 Å². The number of cyclic esters (lactones) is 1. The van der Waals surface area contributed by atoms with E-state index in [1.165, 1.54) is 14.0 Å². The van der Waals surface area contributed by atoms with Gasteiger partial charge >= 0.3 is 5.97 Å². The minimum absolute atomic E-state index is 0.0195. The monoisotopic (exact) mass is 821 g/mol. The normalized spacial score (nSPS) is 40.2. The molecule has 2 saturated heterocycles. The van der Waals surface area contributed by atoms with Gasteiger partial charge in [-0.05, 0) is 100 Å². The van der Waals surface area contributed by atoms with Crippen molar-refractivity contribution in [1.29, 1.82) is 0 Å². The molecule has 15 heteroatoms. The topological polar surface area (TPSA) is 147 Å². The fourth-order valence-electron chi connectivity index (χ4n) is 8.09. The molecule has 55 heavy (non-hydrogen) atoms. The number of aliphatic hydroxyl groups is 2. The van der Waals surface area contributed by atoms with E-state index >= 15 is 0 Å². The number of hydrogen-bond acceptors (Lipinski definition) is 13. The van der Waals surface area contributed by atoms with Crippen LogP contribution in [0.3, 0.4) is 0 Å². The van der Waals surface area contributed by atoms with Crippen LogP contribution in [0.1, 0.15) is 88.5 Å². The molecule has 324 valence electrons. The summed E-state index contributed by atoms with van der Waals surface area (Å²) in [5, 5.41) is 28.6. The van der Waals surface area contributed by atoms with E-state index in [-0.39, 0.29) is 24.5 Å². The highest BCUT2D eigenvalue weighted by molar-refractivity contribution is 6.70. The average Bonchev–Trinajstić information content (AvgIpc) is 3.06. The Labute approximate surface area is 335 Å². The van der Waals surface area contributed by atoms with Crippen molar-refractivity contribution < 1.29 is 52.4 Å². The smallest absolute Gasteiger partial charge is 0.311 e. The van der Waals surface area contributed by atoms with Gasteiger partial charge in [0.05, 0.1) is 41.6 Å². The van der Waals surface area contributed by atoms with Crippen molar-refractivity contribution in [2.75, 3.05) is 28.3 Å². The maximum atomic E-state index is 14.3. The number of ether oxygens (including phenoxy) is 5. The van der Waals surface area contributed by atoms with Crippen molar-refractivity contribution >= 4 is 28.3 Å². The lowest BCUT2D eigenvalue weighted by atomic mass is 9.73. The van der Waals surface area contributed by atoms with Gasteiger partial charge in [-0.3, -0.25) is 4.79 Å². The molecule has 0 aromatic heterocycles. The minimum Gasteiger partial charge on any atom is -0.459 e. The van der Waals surface area contributed by atoms with Gasteiger partial charge in [0, 0.05) is 51.9 Å². The van der Waals surface area contributed by atoms with Gasteiger partial charge in [-0.25, -0.2) is 0 Å². The highest BCUT2D eigenvalue weighted by atomic mass is 28.4. The van der Waals surface area contributed by atoms with Gasteiger partial charge in [-0.2, -0.15) is 0 Å². The van der Waals surface area contributed by atoms with Crippen LogP contribution in [-0.2, 0) is 42.2 Å². The summed E-state index contributed by atoms with van der Waals surface area (Å²) in [5.41, 5.74) is -2.42. The molecule has 13 nitrogen and oxygen atoms in total. The number of nitrogens with zero attached hydrogens (tertiary/aromatic N) is 2. The van der Waals surface area contributed by atoms with Gasteiger partial charge in [0.2, 0.25) is 5.79 Å². The summed E-state index contributed by atoms with van der Waals surface area (Å²) in [4.78, 5) is 22.4. The number of oxime groups is 1. The second-order valence-electron chi connectivity index (χ2n) is 19.3. The lowest BCUT2D eigenvalue weighted by Crippen LogP contribution is -2.62. The Morgan fingerprint density at radius 2 is 1.49 bits per heavy atom. The number of carbonyl (C=O) groups is 1. The Kier molecular flexibility index (Phi) is 17.7. The molecule has 0 aliphatic carbocycles. The first kappa shape index (κ1) is 50.2. The van der Waals surface area contributed by atoms with Crippen molar-refractivity contribution in [2.45, 2.75) is 194 Å². The van der Waals surface area contributed by atoms with E-state index in [9.17, 15) is 15.0 Å². The van der Waals surface area contributed by atoms with Crippen molar-refractivity contribution in [3.8, 4) is 0 Å². The van der Waals surface area contributed by atoms with Crippen molar-refractivity contribution in [1.82, 2.24) is 4.90 Å². The molecule has 0 aromatic carbocycles. The molecule has 0 aromatic rings. The van der Waals surface area contributed by atoms with E-state index in [0.29, 0.717) is 12.1 Å². The molecule has 2 aliphatic rings. The number of rotatable bonds is 12. The molecule has 2 N–H and O–H groups in total. The Balaban J connectivity index is 2.98. The van der Waals surface area contributed by atoms with Crippen molar-refractivity contribution in [2.24, 2.45) is 28.8 Å². The summed E-state index contributed by atoms with van der Waals surface area (Å²) in [5.74, 6) is -3.97. The first-order valence-electron chi connectivity index (χ1n) is 20.2. The van der Waals surface area contributed by atoms with E-state index in [4.69, 9.17) is 37.4 Å². The summed E-state index contributed by atoms with van der Waals surface area (Å²) >= 11 is 0. The maximum absolute atomic E-state index is 14.3. The molecule has 0 saturated carbocycles. The zero-order valence-electron chi connectivity index (χ0n) is 38.0. The summed E-state index contributed by atoms with van der Waals surface area (Å²) in [6, 6.07) is 0.0195. The van der Waals surface area contributed by atoms with E-state index in [1.54, 1.807) is 34.8 Å². The SMILES string of the molecule is CC[C@H]1OC(=O)[C@H](C)[C@@H](O[Si](C)(C)C)[C@H](C)[C@@H](O[C@@H]2O[C@H](C)C[C@H](N(C)C)[C@H]2O[Si](C)(C)C)[C@](C)(OC)C[C@@H](C)/C(=N\OC(C)(C)OC)[C@H](C)[C@@H](O)[C@]1(C)O. The molecular formula is C40H80N2O11Si2. The highest BCUT2D eigenvalue weighted by Crippen LogP contribution is 2.41. The van der Waals surface area contributed by atoms with Crippen LogP contribution in [0, 0.1) is 23.7 Å². The second-order valence-corrected chi connectivity index (χ2v) is 28.2. The number of esters is 1. The first-order chi connectivity index (χ1) is 24.9. The molecule has 14 atom stereocenters. The quantitative estimate of drug-likeness (QED) is 0.0970. The lowest BCUT2D eigenvalue weighted by molar-refractivity contribution is -0.297. The maximum Gasteiger partial charge on any atom is 0.311 e. The molecule has 2 rings (SSSR count). The number of likely N-dealkylation sites (N-methyl/N-ethyl adjacent to an activating group) is 1. The second kappa shape index (κ2) is 19.4. The number of methoxy groups -OCH3 is 2. The van der Waals surface area contributed by atoms with E-state index in [0.717, 1.165) is 6.42 Å². The molecule has 0 bridgehead atoms. The Morgan fingerprint density at radius 1 is 0.945 bits per heavy atom. The number of aliphatic hydroxyl groups excluding tert-OH is 1. The minimum atomic E-state index is -2.32. The first-order valence-corrected chi connectivity index (χ1v) is 27.1.